The molecular formula is C18H25N5O2. The van der Waals surface area contributed by atoms with E-state index in [1.165, 1.54) is 12.8 Å². The third-order valence-corrected chi connectivity index (χ3v) is 4.58. The van der Waals surface area contributed by atoms with Crippen LogP contribution in [0.3, 0.4) is 0 Å². The van der Waals surface area contributed by atoms with Crippen LogP contribution in [0.1, 0.15) is 41.9 Å². The van der Waals surface area contributed by atoms with Gasteiger partial charge in [-0.05, 0) is 31.0 Å². The molecule has 1 fully saturated rings. The lowest BCUT2D eigenvalue weighted by molar-refractivity contribution is 0.0761. The van der Waals surface area contributed by atoms with Crippen LogP contribution in [0.25, 0.3) is 0 Å². The zero-order valence-electron chi connectivity index (χ0n) is 14.9. The number of aromatic nitrogens is 3. The molecule has 0 radical (unpaired) electrons. The molecule has 2 aromatic rings. The molecule has 1 aliphatic heterocycles. The molecule has 25 heavy (non-hydrogen) atoms. The number of anilines is 1. The highest BCUT2D eigenvalue weighted by Gasteiger charge is 2.18. The molecule has 1 amide bonds. The second-order valence-electron chi connectivity index (χ2n) is 6.33. The Hall–Kier alpha value is -2.57. The van der Waals surface area contributed by atoms with Gasteiger partial charge in [0.25, 0.3) is 5.91 Å². The first-order valence-electron chi connectivity index (χ1n) is 8.73. The summed E-state index contributed by atoms with van der Waals surface area (Å²) in [4.78, 5) is 14.8. The molecule has 7 nitrogen and oxygen atoms in total. The Morgan fingerprint density at radius 2 is 2.00 bits per heavy atom. The lowest BCUT2D eigenvalue weighted by Crippen LogP contribution is -2.31. The predicted octanol–water partition coefficient (Wildman–Crippen LogP) is 2.45. The molecule has 134 valence electrons. The van der Waals surface area contributed by atoms with Crippen LogP contribution in [0, 0.1) is 0 Å². The fourth-order valence-corrected chi connectivity index (χ4v) is 3.08. The largest absolute Gasteiger partial charge is 0.495 e. The zero-order chi connectivity index (χ0) is 17.6. The Kier molecular flexibility index (Phi) is 5.53. The van der Waals surface area contributed by atoms with E-state index in [0.29, 0.717) is 17.9 Å². The average molecular weight is 343 g/mol. The number of methoxy groups -OCH3 is 1. The molecule has 1 aliphatic rings. The topological polar surface area (TPSA) is 72.3 Å². The monoisotopic (exact) mass is 343 g/mol. The van der Waals surface area contributed by atoms with Crippen LogP contribution in [0.5, 0.6) is 5.75 Å². The van der Waals surface area contributed by atoms with Gasteiger partial charge in [0, 0.05) is 25.7 Å². The van der Waals surface area contributed by atoms with Crippen LogP contribution in [0.4, 0.5) is 5.69 Å². The third kappa shape index (κ3) is 4.10. The van der Waals surface area contributed by atoms with Gasteiger partial charge >= 0.3 is 0 Å². The normalized spacial score (nSPS) is 14.9. The minimum absolute atomic E-state index is 0.0891. The van der Waals surface area contributed by atoms with Crippen molar-refractivity contribution in [2.45, 2.75) is 32.2 Å². The maximum absolute atomic E-state index is 12.8. The van der Waals surface area contributed by atoms with E-state index in [-0.39, 0.29) is 5.91 Å². The second-order valence-corrected chi connectivity index (χ2v) is 6.33. The van der Waals surface area contributed by atoms with Crippen molar-refractivity contribution >= 4 is 11.6 Å². The van der Waals surface area contributed by atoms with Gasteiger partial charge < -0.3 is 19.5 Å². The van der Waals surface area contributed by atoms with Crippen molar-refractivity contribution < 1.29 is 9.53 Å². The van der Waals surface area contributed by atoms with Crippen LogP contribution in [0.15, 0.2) is 24.5 Å². The number of ether oxygens (including phenoxy) is 1. The number of hydrogen-bond acceptors (Lipinski definition) is 5. The summed E-state index contributed by atoms with van der Waals surface area (Å²) in [5, 5.41) is 11.2. The number of carbonyl (C=O) groups is 1. The van der Waals surface area contributed by atoms with Crippen molar-refractivity contribution in [3.63, 3.8) is 0 Å². The summed E-state index contributed by atoms with van der Waals surface area (Å²) in [7, 11) is 3.52. The van der Waals surface area contributed by atoms with E-state index in [1.54, 1.807) is 13.4 Å². The fraction of sp³-hybridized carbons (Fsp3) is 0.500. The van der Waals surface area contributed by atoms with Gasteiger partial charge in [0.15, 0.2) is 5.82 Å². The number of hydrogen-bond donors (Lipinski definition) is 1. The third-order valence-electron chi connectivity index (χ3n) is 4.58. The molecule has 0 bridgehead atoms. The number of likely N-dealkylation sites (tertiary alicyclic amines) is 1. The molecule has 1 saturated heterocycles. The minimum Gasteiger partial charge on any atom is -0.495 e. The number of carbonyl (C=O) groups excluding carboxylic acids is 1. The van der Waals surface area contributed by atoms with Gasteiger partial charge in [-0.3, -0.25) is 4.79 Å². The van der Waals surface area contributed by atoms with Crippen molar-refractivity contribution in [1.82, 2.24) is 19.7 Å². The highest BCUT2D eigenvalue weighted by molar-refractivity contribution is 5.95. The summed E-state index contributed by atoms with van der Waals surface area (Å²) >= 11 is 0. The quantitative estimate of drug-likeness (QED) is 0.903. The van der Waals surface area contributed by atoms with E-state index < -0.39 is 0 Å². The molecule has 1 N–H and O–H groups in total. The summed E-state index contributed by atoms with van der Waals surface area (Å²) in [6, 6.07) is 5.53. The number of aryl methyl sites for hydroxylation is 1. The van der Waals surface area contributed by atoms with E-state index >= 15 is 0 Å². The predicted molar refractivity (Wildman–Crippen MR) is 95.7 cm³/mol. The summed E-state index contributed by atoms with van der Waals surface area (Å²) in [5.41, 5.74) is 1.47. The van der Waals surface area contributed by atoms with Crippen LogP contribution in [-0.4, -0.2) is 45.8 Å². The van der Waals surface area contributed by atoms with Crippen molar-refractivity contribution in [3.8, 4) is 5.75 Å². The van der Waals surface area contributed by atoms with Crippen LogP contribution >= 0.6 is 0 Å². The minimum atomic E-state index is 0.0891. The smallest absolute Gasteiger partial charge is 0.253 e. The van der Waals surface area contributed by atoms with Crippen molar-refractivity contribution in [2.75, 3.05) is 25.5 Å². The van der Waals surface area contributed by atoms with Crippen LogP contribution < -0.4 is 10.1 Å². The van der Waals surface area contributed by atoms with E-state index in [9.17, 15) is 4.79 Å². The van der Waals surface area contributed by atoms with Gasteiger partial charge in [-0.1, -0.05) is 12.8 Å². The molecule has 2 heterocycles. The molecule has 1 aromatic heterocycles. The van der Waals surface area contributed by atoms with Gasteiger partial charge in [0.2, 0.25) is 0 Å². The zero-order valence-corrected chi connectivity index (χ0v) is 14.9. The first-order valence-corrected chi connectivity index (χ1v) is 8.73. The molecule has 0 spiro atoms. The van der Waals surface area contributed by atoms with Gasteiger partial charge in [0.1, 0.15) is 12.1 Å². The molecular weight excluding hydrogens is 318 g/mol. The number of nitrogens with one attached hydrogen (secondary N) is 1. The number of amides is 1. The lowest BCUT2D eigenvalue weighted by Gasteiger charge is -2.21. The SMILES string of the molecule is COc1ccc(C(=O)N2CCCCCC2)cc1NCc1nncn1C. The molecule has 1 aromatic carbocycles. The number of benzene rings is 1. The average Bonchev–Trinajstić information content (AvgIpc) is 2.87. The Morgan fingerprint density at radius 3 is 2.64 bits per heavy atom. The van der Waals surface area contributed by atoms with Gasteiger partial charge in [-0.2, -0.15) is 0 Å². The van der Waals surface area contributed by atoms with Crippen molar-refractivity contribution in [1.29, 1.82) is 0 Å². The van der Waals surface area contributed by atoms with E-state index in [4.69, 9.17) is 4.74 Å². The summed E-state index contributed by atoms with van der Waals surface area (Å²) in [6.07, 6.45) is 6.24. The van der Waals surface area contributed by atoms with Crippen molar-refractivity contribution in [3.05, 3.63) is 35.9 Å². The Balaban J connectivity index is 1.76. The fourth-order valence-electron chi connectivity index (χ4n) is 3.08. The van der Waals surface area contributed by atoms with E-state index in [2.05, 4.69) is 15.5 Å². The molecule has 0 saturated carbocycles. The van der Waals surface area contributed by atoms with Crippen LogP contribution in [-0.2, 0) is 13.6 Å². The first kappa shape index (κ1) is 17.3. The highest BCUT2D eigenvalue weighted by atomic mass is 16.5. The molecule has 0 atom stereocenters. The Labute approximate surface area is 148 Å². The molecule has 7 heteroatoms. The van der Waals surface area contributed by atoms with Gasteiger partial charge in [-0.25, -0.2) is 0 Å². The molecule has 3 rings (SSSR count). The van der Waals surface area contributed by atoms with Gasteiger partial charge in [0.05, 0.1) is 19.3 Å². The van der Waals surface area contributed by atoms with E-state index in [0.717, 1.165) is 37.4 Å². The standard InChI is InChI=1S/C18H25N5O2/c1-22-13-20-21-17(22)12-19-15-11-14(7-8-16(15)25-2)18(24)23-9-5-3-4-6-10-23/h7-8,11,13,19H,3-6,9-10,12H2,1-2H3. The molecule has 0 aliphatic carbocycles. The summed E-state index contributed by atoms with van der Waals surface area (Å²) < 4.78 is 7.27. The maximum atomic E-state index is 12.8. The maximum Gasteiger partial charge on any atom is 0.253 e. The summed E-state index contributed by atoms with van der Waals surface area (Å²) in [5.74, 6) is 1.60. The van der Waals surface area contributed by atoms with Gasteiger partial charge in [-0.15, -0.1) is 10.2 Å². The van der Waals surface area contributed by atoms with Crippen LogP contribution in [0.2, 0.25) is 0 Å². The number of nitrogens with zero attached hydrogens (tertiary/aromatic N) is 4. The summed E-state index contributed by atoms with van der Waals surface area (Å²) in [6.45, 7) is 2.19. The first-order chi connectivity index (χ1) is 12.2. The Morgan fingerprint density at radius 1 is 1.24 bits per heavy atom. The number of rotatable bonds is 5. The second kappa shape index (κ2) is 8.00. The Bertz CT molecular complexity index is 720. The van der Waals surface area contributed by atoms with Crippen molar-refractivity contribution in [2.24, 2.45) is 7.05 Å². The highest BCUT2D eigenvalue weighted by Crippen LogP contribution is 2.27. The lowest BCUT2D eigenvalue weighted by atomic mass is 10.1. The van der Waals surface area contributed by atoms with E-state index in [1.807, 2.05) is 34.7 Å². The molecule has 0 unspecified atom stereocenters.